The normalized spacial score (nSPS) is 16.7. The van der Waals surface area contributed by atoms with Gasteiger partial charge in [-0.25, -0.2) is 0 Å². The molecule has 3 aromatic rings. The van der Waals surface area contributed by atoms with E-state index in [1.54, 1.807) is 32.4 Å². The third kappa shape index (κ3) is 4.33. The molecule has 3 heterocycles. The maximum atomic E-state index is 13.9. The fraction of sp³-hybridized carbons (Fsp3) is 0.429. The first-order chi connectivity index (χ1) is 14.7. The zero-order valence-electron chi connectivity index (χ0n) is 17.6. The Morgan fingerprint density at radius 3 is 2.58 bits per heavy atom. The van der Waals surface area contributed by atoms with Crippen LogP contribution >= 0.6 is 0 Å². The summed E-state index contributed by atoms with van der Waals surface area (Å²) in [6, 6.07) is 5.21. The van der Waals surface area contributed by atoms with Crippen LogP contribution in [0.25, 0.3) is 0 Å². The highest BCUT2D eigenvalue weighted by Crippen LogP contribution is 2.44. The number of nitrogens with zero attached hydrogens (tertiary/aromatic N) is 6. The van der Waals surface area contributed by atoms with Gasteiger partial charge in [-0.2, -0.15) is 18.0 Å². The molecule has 0 spiro atoms. The number of rotatable bonds is 4. The number of tetrazole rings is 1. The molecule has 0 radical (unpaired) electrons. The topological polar surface area (TPSA) is 71.8 Å². The van der Waals surface area contributed by atoms with Gasteiger partial charge in [0.1, 0.15) is 0 Å². The van der Waals surface area contributed by atoms with E-state index in [0.29, 0.717) is 24.7 Å². The molecule has 0 bridgehead atoms. The van der Waals surface area contributed by atoms with Crippen LogP contribution in [0.4, 0.5) is 24.8 Å². The number of fused-ring (bicyclic) bond motifs is 1. The van der Waals surface area contributed by atoms with Crippen molar-refractivity contribution in [1.82, 2.24) is 25.2 Å². The molecule has 1 aliphatic heterocycles. The van der Waals surface area contributed by atoms with Crippen molar-refractivity contribution in [1.29, 1.82) is 0 Å². The summed E-state index contributed by atoms with van der Waals surface area (Å²) in [7, 11) is 1.67. The summed E-state index contributed by atoms with van der Waals surface area (Å²) in [5, 5.41) is 15.3. The van der Waals surface area contributed by atoms with Crippen molar-refractivity contribution in [3.63, 3.8) is 0 Å². The molecule has 2 aromatic heterocycles. The largest absolute Gasteiger partial charge is 0.416 e. The molecule has 1 atom stereocenters. The van der Waals surface area contributed by atoms with E-state index in [9.17, 15) is 13.2 Å². The highest BCUT2D eigenvalue weighted by Gasteiger charge is 2.38. The summed E-state index contributed by atoms with van der Waals surface area (Å²) in [4.78, 5) is 7.43. The summed E-state index contributed by atoms with van der Waals surface area (Å²) in [5.41, 5.74) is 2.34. The molecule has 4 rings (SSSR count). The highest BCUT2D eigenvalue weighted by atomic mass is 19.4. The number of aryl methyl sites for hydroxylation is 2. The number of alkyl halides is 3. The summed E-state index contributed by atoms with van der Waals surface area (Å²) >= 11 is 0. The molecule has 0 fully saturated rings. The van der Waals surface area contributed by atoms with E-state index in [2.05, 4.69) is 25.7 Å². The maximum absolute atomic E-state index is 13.9. The minimum absolute atomic E-state index is 0.216. The zero-order chi connectivity index (χ0) is 22.2. The van der Waals surface area contributed by atoms with E-state index >= 15 is 0 Å². The molecule has 0 amide bonds. The molecule has 1 aromatic carbocycles. The Hall–Kier alpha value is -3.17. The lowest BCUT2D eigenvalue weighted by molar-refractivity contribution is -0.138. The molecule has 0 saturated carbocycles. The first-order valence-electron chi connectivity index (χ1n) is 10.1. The first-order valence-corrected chi connectivity index (χ1v) is 10.1. The quantitative estimate of drug-likeness (QED) is 0.668. The van der Waals surface area contributed by atoms with Gasteiger partial charge in [-0.15, -0.1) is 5.10 Å². The number of benzene rings is 1. The van der Waals surface area contributed by atoms with Gasteiger partial charge in [0.05, 0.1) is 18.7 Å². The minimum Gasteiger partial charge on any atom is -0.367 e. The van der Waals surface area contributed by atoms with Crippen LogP contribution in [0.5, 0.6) is 0 Å². The standard InChI is InChI=1S/C21H24F3N7/c1-13-11-16-17(26-20-27-29-30(3)28-20)5-4-10-31(12-15-6-8-25-9-7-15)19(16)14(2)18(13)21(22,23)24/h6-9,11,17H,4-5,10,12H2,1-3H3,(H,26,28). The summed E-state index contributed by atoms with van der Waals surface area (Å²) in [6.45, 7) is 4.23. The van der Waals surface area contributed by atoms with Crippen molar-refractivity contribution >= 4 is 11.6 Å². The average Bonchev–Trinajstić information content (AvgIpc) is 3.02. The van der Waals surface area contributed by atoms with Crippen LogP contribution in [0.2, 0.25) is 0 Å². The van der Waals surface area contributed by atoms with Crippen molar-refractivity contribution < 1.29 is 13.2 Å². The van der Waals surface area contributed by atoms with Gasteiger partial charge in [-0.05, 0) is 66.3 Å². The second-order valence-electron chi connectivity index (χ2n) is 7.85. The van der Waals surface area contributed by atoms with Crippen LogP contribution in [0.3, 0.4) is 0 Å². The molecule has 1 N–H and O–H groups in total. The number of hydrogen-bond acceptors (Lipinski definition) is 6. The lowest BCUT2D eigenvalue weighted by Crippen LogP contribution is -2.26. The third-order valence-electron chi connectivity index (χ3n) is 5.60. The van der Waals surface area contributed by atoms with Gasteiger partial charge in [-0.3, -0.25) is 4.98 Å². The summed E-state index contributed by atoms with van der Waals surface area (Å²) in [5.74, 6) is 0.358. The SMILES string of the molecule is Cc1cc2c(c(C)c1C(F)(F)F)N(Cc1ccncc1)CCCC2Nc1nnn(C)n1. The van der Waals surface area contributed by atoms with Gasteiger partial charge in [-0.1, -0.05) is 11.2 Å². The van der Waals surface area contributed by atoms with Gasteiger partial charge < -0.3 is 10.2 Å². The molecule has 31 heavy (non-hydrogen) atoms. The predicted octanol–water partition coefficient (Wildman–Crippen LogP) is 4.19. The van der Waals surface area contributed by atoms with Crippen molar-refractivity contribution in [3.05, 3.63) is 58.4 Å². The Balaban J connectivity index is 1.82. The molecule has 0 aliphatic carbocycles. The van der Waals surface area contributed by atoms with Gasteiger partial charge in [0.15, 0.2) is 0 Å². The van der Waals surface area contributed by atoms with E-state index < -0.39 is 11.7 Å². The lowest BCUT2D eigenvalue weighted by Gasteiger charge is -2.30. The molecule has 1 unspecified atom stereocenters. The Kier molecular flexibility index (Phi) is 5.55. The molecule has 1 aliphatic rings. The second-order valence-corrected chi connectivity index (χ2v) is 7.85. The molecule has 7 nitrogen and oxygen atoms in total. The Morgan fingerprint density at radius 1 is 1.19 bits per heavy atom. The molecule has 164 valence electrons. The Morgan fingerprint density at radius 2 is 1.94 bits per heavy atom. The number of anilines is 2. The highest BCUT2D eigenvalue weighted by molar-refractivity contribution is 5.67. The Labute approximate surface area is 178 Å². The second kappa shape index (κ2) is 8.16. The van der Waals surface area contributed by atoms with Crippen LogP contribution < -0.4 is 10.2 Å². The number of hydrogen-bond donors (Lipinski definition) is 1. The Bertz CT molecular complexity index is 1060. The van der Waals surface area contributed by atoms with Crippen LogP contribution in [-0.4, -0.2) is 31.7 Å². The van der Waals surface area contributed by atoms with Crippen molar-refractivity contribution in [2.45, 2.75) is 45.5 Å². The first kappa shape index (κ1) is 21.1. The molecule has 0 saturated heterocycles. The summed E-state index contributed by atoms with van der Waals surface area (Å²) in [6.07, 6.45) is 0.510. The minimum atomic E-state index is -4.42. The number of halogens is 3. The van der Waals surface area contributed by atoms with Crippen LogP contribution in [0, 0.1) is 13.8 Å². The average molecular weight is 431 g/mol. The lowest BCUT2D eigenvalue weighted by atomic mass is 9.91. The fourth-order valence-electron chi connectivity index (χ4n) is 4.39. The monoisotopic (exact) mass is 431 g/mol. The van der Waals surface area contributed by atoms with E-state index in [0.717, 1.165) is 24.0 Å². The van der Waals surface area contributed by atoms with Gasteiger partial charge >= 0.3 is 6.18 Å². The van der Waals surface area contributed by atoms with Gasteiger partial charge in [0.25, 0.3) is 5.95 Å². The number of nitrogens with one attached hydrogen (secondary N) is 1. The van der Waals surface area contributed by atoms with Crippen molar-refractivity contribution in [3.8, 4) is 0 Å². The van der Waals surface area contributed by atoms with E-state index in [1.807, 2.05) is 17.0 Å². The number of pyridine rings is 1. The molecular weight excluding hydrogens is 407 g/mol. The predicted molar refractivity (Wildman–Crippen MR) is 111 cm³/mol. The molecule has 10 heteroatoms. The fourth-order valence-corrected chi connectivity index (χ4v) is 4.39. The van der Waals surface area contributed by atoms with Crippen molar-refractivity contribution in [2.24, 2.45) is 7.05 Å². The maximum Gasteiger partial charge on any atom is 0.416 e. The van der Waals surface area contributed by atoms with Gasteiger partial charge in [0, 0.05) is 31.2 Å². The zero-order valence-corrected chi connectivity index (χ0v) is 17.6. The van der Waals surface area contributed by atoms with Gasteiger partial charge in [0.2, 0.25) is 0 Å². The molecular formula is C21H24F3N7. The number of aromatic nitrogens is 5. The van der Waals surface area contributed by atoms with Crippen LogP contribution in [-0.2, 0) is 19.8 Å². The van der Waals surface area contributed by atoms with Crippen molar-refractivity contribution in [2.75, 3.05) is 16.8 Å². The van der Waals surface area contributed by atoms with E-state index in [-0.39, 0.29) is 17.2 Å². The van der Waals surface area contributed by atoms with Crippen LogP contribution in [0.1, 0.15) is 46.7 Å². The van der Waals surface area contributed by atoms with E-state index in [1.165, 1.54) is 11.7 Å². The summed E-state index contributed by atoms with van der Waals surface area (Å²) < 4.78 is 41.7. The van der Waals surface area contributed by atoms with Crippen LogP contribution in [0.15, 0.2) is 30.6 Å². The third-order valence-corrected chi connectivity index (χ3v) is 5.60. The smallest absolute Gasteiger partial charge is 0.367 e. The van der Waals surface area contributed by atoms with E-state index in [4.69, 9.17) is 0 Å².